The smallest absolute Gasteiger partial charge is 0.272 e. The molecule has 0 radical (unpaired) electrons. The highest BCUT2D eigenvalue weighted by Gasteiger charge is 2.54. The molecule has 2 aromatic rings. The van der Waals surface area contributed by atoms with Crippen LogP contribution in [0.1, 0.15) is 52.5 Å². The summed E-state index contributed by atoms with van der Waals surface area (Å²) in [5.74, 6) is 1.07. The van der Waals surface area contributed by atoms with Crippen molar-refractivity contribution in [1.82, 2.24) is 10.5 Å². The zero-order valence-corrected chi connectivity index (χ0v) is 27.4. The van der Waals surface area contributed by atoms with Crippen molar-refractivity contribution >= 4 is 11.4 Å². The molecule has 12 heteroatoms. The van der Waals surface area contributed by atoms with E-state index in [9.17, 15) is 25.5 Å². The Bertz CT molecular complexity index is 1370. The predicted octanol–water partition coefficient (Wildman–Crippen LogP) is 3.12. The number of hydroxylamine groups is 3. The molecule has 2 bridgehead atoms. The number of aliphatic hydroxyl groups is 2. The fourth-order valence-electron chi connectivity index (χ4n) is 8.51. The quantitative estimate of drug-likeness (QED) is 0.216. The lowest BCUT2D eigenvalue weighted by Crippen LogP contribution is -3.21. The minimum atomic E-state index is -0.912. The summed E-state index contributed by atoms with van der Waals surface area (Å²) in [6, 6.07) is 10.5. The van der Waals surface area contributed by atoms with E-state index in [1.807, 2.05) is 38.4 Å². The zero-order valence-electron chi connectivity index (χ0n) is 27.4. The van der Waals surface area contributed by atoms with Crippen molar-refractivity contribution < 1.29 is 29.9 Å². The number of non-ortho nitro benzene ring substituents is 1. The summed E-state index contributed by atoms with van der Waals surface area (Å²) in [6.07, 6.45) is 0.787. The molecule has 0 spiro atoms. The van der Waals surface area contributed by atoms with Crippen molar-refractivity contribution in [3.8, 4) is 16.9 Å². The third-order valence-corrected chi connectivity index (χ3v) is 10.6. The van der Waals surface area contributed by atoms with Gasteiger partial charge in [-0.1, -0.05) is 39.0 Å². The summed E-state index contributed by atoms with van der Waals surface area (Å²) < 4.78 is 5.89. The number of ether oxygens (including phenoxy) is 1. The monoisotopic (exact) mass is 627 g/mol. The highest BCUT2D eigenvalue weighted by molar-refractivity contribution is 5.77. The van der Waals surface area contributed by atoms with E-state index in [2.05, 4.69) is 26.2 Å². The van der Waals surface area contributed by atoms with Gasteiger partial charge in [-0.05, 0) is 61.0 Å². The summed E-state index contributed by atoms with van der Waals surface area (Å²) in [6.45, 7) is 8.30. The second-order valence-corrected chi connectivity index (χ2v) is 14.1. The Morgan fingerprint density at radius 2 is 2.00 bits per heavy atom. The van der Waals surface area contributed by atoms with Gasteiger partial charge in [0.05, 0.1) is 43.2 Å². The highest BCUT2D eigenvalue weighted by Crippen LogP contribution is 2.54. The van der Waals surface area contributed by atoms with Crippen LogP contribution in [0.2, 0.25) is 0 Å². The molecule has 4 aliphatic rings. The van der Waals surface area contributed by atoms with Crippen LogP contribution in [0.4, 0.5) is 11.4 Å². The number of nitro groups is 1. The second kappa shape index (κ2) is 13.1. The first-order chi connectivity index (χ1) is 21.3. The Morgan fingerprint density at radius 1 is 1.27 bits per heavy atom. The van der Waals surface area contributed by atoms with E-state index < -0.39 is 29.2 Å². The van der Waals surface area contributed by atoms with E-state index in [0.717, 1.165) is 12.8 Å². The largest absolute Gasteiger partial charge is 0.612 e. The number of nitrogens with one attached hydrogen (secondary N) is 2. The maximum Gasteiger partial charge on any atom is 0.272 e. The molecule has 3 saturated carbocycles. The number of hydrogen-bond donors (Lipinski definition) is 4. The van der Waals surface area contributed by atoms with Gasteiger partial charge >= 0.3 is 0 Å². The van der Waals surface area contributed by atoms with Crippen molar-refractivity contribution in [2.75, 3.05) is 32.7 Å². The summed E-state index contributed by atoms with van der Waals surface area (Å²) in [5.41, 5.74) is 6.21. The predicted molar refractivity (Wildman–Crippen MR) is 171 cm³/mol. The summed E-state index contributed by atoms with van der Waals surface area (Å²) in [5, 5.41) is 48.4. The van der Waals surface area contributed by atoms with E-state index in [1.54, 1.807) is 16.9 Å². The fourth-order valence-corrected chi connectivity index (χ4v) is 8.51. The van der Waals surface area contributed by atoms with Gasteiger partial charge in [0.2, 0.25) is 0 Å². The van der Waals surface area contributed by atoms with Gasteiger partial charge in [0.25, 0.3) is 5.69 Å². The van der Waals surface area contributed by atoms with Crippen LogP contribution in [0.15, 0.2) is 36.4 Å². The summed E-state index contributed by atoms with van der Waals surface area (Å²) in [7, 11) is 5.18. The molecule has 2 aromatic carbocycles. The van der Waals surface area contributed by atoms with Crippen LogP contribution in [-0.4, -0.2) is 72.4 Å². The van der Waals surface area contributed by atoms with E-state index in [-0.39, 0.29) is 35.5 Å². The number of aliphatic hydroxyl groups excluding tert-OH is 2. The molecule has 6 rings (SSSR count). The van der Waals surface area contributed by atoms with Crippen molar-refractivity contribution in [2.45, 2.75) is 77.9 Å². The lowest BCUT2D eigenvalue weighted by atomic mass is 9.52. The fraction of sp³-hybridized carbons (Fsp3) is 0.636. The molecular weight excluding hydrogens is 578 g/mol. The average molecular weight is 628 g/mol. The highest BCUT2D eigenvalue weighted by atomic mass is 16.7. The number of quaternary nitrogens is 1. The molecule has 248 valence electrons. The first kappa shape index (κ1) is 33.5. The Hall–Kier alpha value is -2.84. The molecule has 0 aromatic heterocycles. The molecule has 9 atom stereocenters. The Labute approximate surface area is 265 Å². The van der Waals surface area contributed by atoms with E-state index in [4.69, 9.17) is 9.57 Å². The molecule has 1 aliphatic heterocycles. The minimum absolute atomic E-state index is 0.0339. The van der Waals surface area contributed by atoms with Crippen LogP contribution in [0, 0.1) is 44.4 Å². The van der Waals surface area contributed by atoms with Gasteiger partial charge in [-0.25, -0.2) is 0 Å². The SMILES string of the molecule is COc1c(CN2O[C@@H](CO)[C@H]([C@H](C)O)[C@H]2[NH+]([O-])N[C@H]2C3CC[C@@H]([C@@H]2C)C(C)(C)C3)cccc1-c1cc(N(C)C)cc([N+](=O)[O-])c1. The first-order valence-electron chi connectivity index (χ1n) is 15.9. The maximum atomic E-state index is 14.2. The van der Waals surface area contributed by atoms with Gasteiger partial charge in [0.15, 0.2) is 6.17 Å². The molecular formula is C33H49N5O7. The normalized spacial score (nSPS) is 30.7. The van der Waals surface area contributed by atoms with Crippen LogP contribution in [-0.2, 0) is 11.4 Å². The van der Waals surface area contributed by atoms with Crippen LogP contribution in [0.5, 0.6) is 5.75 Å². The van der Waals surface area contributed by atoms with Gasteiger partial charge in [-0.2, -0.15) is 5.43 Å². The van der Waals surface area contributed by atoms with E-state index >= 15 is 0 Å². The van der Waals surface area contributed by atoms with Crippen molar-refractivity contribution in [2.24, 2.45) is 29.1 Å². The van der Waals surface area contributed by atoms with Crippen molar-refractivity contribution in [3.63, 3.8) is 0 Å². The molecule has 12 nitrogen and oxygen atoms in total. The third kappa shape index (κ3) is 6.42. The molecule has 45 heavy (non-hydrogen) atoms. The number of benzene rings is 2. The van der Waals surface area contributed by atoms with E-state index in [0.29, 0.717) is 45.9 Å². The second-order valence-electron chi connectivity index (χ2n) is 14.1. The topological polar surface area (TPSA) is 148 Å². The number of nitrogens with zero attached hydrogens (tertiary/aromatic N) is 3. The number of rotatable bonds is 11. The molecule has 4 N–H and O–H groups in total. The standard InChI is InChI=1S/C33H49N5O7/c1-19-27-12-11-21(16-33(27,3)4)30(19)34-37(41)32-29(20(2)40)28(18-39)45-36(32)17-22-9-8-10-26(31(22)44-7)23-13-24(35(5)6)15-25(14-23)38(42)43/h8-10,13-15,19-21,27-30,32,34,37,39-40H,11-12,16-18H2,1-7H3/t19-,20-,21?,27-,28-,29-,30+,32+/m0/s1. The summed E-state index contributed by atoms with van der Waals surface area (Å²) >= 11 is 0. The van der Waals surface area contributed by atoms with Gasteiger partial charge in [-0.15, -0.1) is 5.06 Å². The Balaban J connectivity index is 1.47. The molecule has 3 aliphatic carbocycles. The molecule has 4 fully saturated rings. The van der Waals surface area contributed by atoms with Crippen LogP contribution in [0.25, 0.3) is 11.1 Å². The number of nitro benzene ring substituents is 1. The van der Waals surface area contributed by atoms with E-state index in [1.165, 1.54) is 25.7 Å². The molecule has 0 amide bonds. The molecule has 1 heterocycles. The van der Waals surface area contributed by atoms with Crippen molar-refractivity contribution in [3.05, 3.63) is 57.3 Å². The van der Waals surface area contributed by atoms with Crippen LogP contribution >= 0.6 is 0 Å². The van der Waals surface area contributed by atoms with Gasteiger partial charge < -0.3 is 25.1 Å². The van der Waals surface area contributed by atoms with Crippen LogP contribution < -0.4 is 20.2 Å². The number of methoxy groups -OCH3 is 1. The number of hydrogen-bond acceptors (Lipinski definition) is 10. The van der Waals surface area contributed by atoms with Gasteiger partial charge in [-0.3, -0.25) is 20.1 Å². The van der Waals surface area contributed by atoms with Gasteiger partial charge in [0, 0.05) is 43.0 Å². The lowest BCUT2D eigenvalue weighted by Gasteiger charge is -2.56. The Kier molecular flexibility index (Phi) is 9.77. The average Bonchev–Trinajstić information content (AvgIpc) is 3.36. The number of anilines is 1. The van der Waals surface area contributed by atoms with Crippen molar-refractivity contribution in [1.29, 1.82) is 0 Å². The van der Waals surface area contributed by atoms with Gasteiger partial charge in [0.1, 0.15) is 11.9 Å². The first-order valence-corrected chi connectivity index (χ1v) is 15.9. The summed E-state index contributed by atoms with van der Waals surface area (Å²) in [4.78, 5) is 19.3. The zero-order chi connectivity index (χ0) is 32.8. The number of fused-ring (bicyclic) bond motifs is 3. The Morgan fingerprint density at radius 3 is 2.58 bits per heavy atom. The lowest BCUT2D eigenvalue weighted by molar-refractivity contribution is -0.944. The molecule has 2 unspecified atom stereocenters. The molecule has 1 saturated heterocycles. The third-order valence-electron chi connectivity index (χ3n) is 10.6. The van der Waals surface area contributed by atoms with Crippen LogP contribution in [0.3, 0.4) is 0 Å². The number of para-hydroxylation sites is 1. The maximum absolute atomic E-state index is 14.2. The minimum Gasteiger partial charge on any atom is -0.612 e.